The molecule has 0 fully saturated rings. The highest BCUT2D eigenvalue weighted by Gasteiger charge is 2.00. The second-order valence-corrected chi connectivity index (χ2v) is 6.45. The maximum Gasteiger partial charge on any atom is 0.0821 e. The normalized spacial score (nSPS) is 11.5. The molecule has 0 aromatic heterocycles. The van der Waals surface area contributed by atoms with Gasteiger partial charge in [0.1, 0.15) is 0 Å². The molecule has 0 aliphatic rings. The van der Waals surface area contributed by atoms with Gasteiger partial charge in [0.2, 0.25) is 0 Å². The van der Waals surface area contributed by atoms with E-state index in [0.717, 1.165) is 12.8 Å². The van der Waals surface area contributed by atoms with E-state index in [1.54, 1.807) is 0 Å². The molecule has 22 heavy (non-hydrogen) atoms. The Labute approximate surface area is 140 Å². The predicted octanol–water partition coefficient (Wildman–Crippen LogP) is 7.09. The van der Waals surface area contributed by atoms with Gasteiger partial charge in [0.05, 0.1) is 5.92 Å². The first kappa shape index (κ1) is 21.1. The van der Waals surface area contributed by atoms with E-state index in [1.807, 2.05) is 0 Å². The van der Waals surface area contributed by atoms with Gasteiger partial charge in [0, 0.05) is 6.42 Å². The fourth-order valence-electron chi connectivity index (χ4n) is 2.68. The average molecular weight is 302 g/mol. The topological polar surface area (TPSA) is 0 Å². The Morgan fingerprint density at radius 1 is 0.682 bits per heavy atom. The second-order valence-electron chi connectivity index (χ2n) is 6.45. The van der Waals surface area contributed by atoms with Gasteiger partial charge in [-0.3, -0.25) is 0 Å². The largest absolute Gasteiger partial charge is 0.102 e. The Kier molecular flexibility index (Phi) is 17.4. The van der Waals surface area contributed by atoms with Crippen LogP contribution in [-0.4, -0.2) is 0 Å². The summed E-state index contributed by atoms with van der Waals surface area (Å²) in [6, 6.07) is 0. The fourth-order valence-corrected chi connectivity index (χ4v) is 2.68. The van der Waals surface area contributed by atoms with E-state index < -0.39 is 0 Å². The zero-order chi connectivity index (χ0) is 16.3. The molecular weight excluding hydrogens is 264 g/mol. The lowest BCUT2D eigenvalue weighted by atomic mass is 10.0. The van der Waals surface area contributed by atoms with E-state index in [4.69, 9.17) is 6.42 Å². The first-order valence-corrected chi connectivity index (χ1v) is 9.75. The zero-order valence-electron chi connectivity index (χ0n) is 15.2. The zero-order valence-corrected chi connectivity index (χ0v) is 15.2. The molecule has 0 saturated heterocycles. The van der Waals surface area contributed by atoms with Gasteiger partial charge in [-0.05, 0) is 19.3 Å². The van der Waals surface area contributed by atoms with Gasteiger partial charge in [0.25, 0.3) is 0 Å². The quantitative estimate of drug-likeness (QED) is 0.237. The molecular formula is C22H37. The summed E-state index contributed by atoms with van der Waals surface area (Å²) >= 11 is 0. The SMILES string of the molecule is [C]#CC(C#CCCCCCCCCCC)CCCCCCC. The molecule has 0 rings (SSSR count). The van der Waals surface area contributed by atoms with Crippen molar-refractivity contribution < 1.29 is 0 Å². The Morgan fingerprint density at radius 3 is 1.73 bits per heavy atom. The van der Waals surface area contributed by atoms with Crippen molar-refractivity contribution in [1.82, 2.24) is 0 Å². The molecule has 0 nitrogen and oxygen atoms in total. The van der Waals surface area contributed by atoms with E-state index in [0.29, 0.717) is 0 Å². The van der Waals surface area contributed by atoms with Crippen LogP contribution in [0, 0.1) is 30.1 Å². The van der Waals surface area contributed by atoms with Gasteiger partial charge in [-0.15, -0.1) is 5.92 Å². The van der Waals surface area contributed by atoms with Crippen LogP contribution in [0.3, 0.4) is 0 Å². The van der Waals surface area contributed by atoms with Gasteiger partial charge in [-0.25, -0.2) is 0 Å². The highest BCUT2D eigenvalue weighted by atomic mass is 14.0. The molecule has 0 aliphatic heterocycles. The molecule has 0 bridgehead atoms. The summed E-state index contributed by atoms with van der Waals surface area (Å²) < 4.78 is 0. The molecule has 1 atom stereocenters. The van der Waals surface area contributed by atoms with Crippen LogP contribution in [0.25, 0.3) is 0 Å². The highest BCUT2D eigenvalue weighted by molar-refractivity contribution is 5.12. The van der Waals surface area contributed by atoms with Gasteiger partial charge >= 0.3 is 0 Å². The van der Waals surface area contributed by atoms with Crippen LogP contribution in [0.5, 0.6) is 0 Å². The van der Waals surface area contributed by atoms with Crippen molar-refractivity contribution in [3.05, 3.63) is 6.42 Å². The molecule has 0 heteroatoms. The Hall–Kier alpha value is -0.880. The van der Waals surface area contributed by atoms with Crippen molar-refractivity contribution in [1.29, 1.82) is 0 Å². The Balaban J connectivity index is 3.47. The van der Waals surface area contributed by atoms with Crippen LogP contribution in [-0.2, 0) is 0 Å². The minimum absolute atomic E-state index is 0.0793. The van der Waals surface area contributed by atoms with E-state index in [1.165, 1.54) is 83.5 Å². The van der Waals surface area contributed by atoms with Gasteiger partial charge in [-0.2, -0.15) is 0 Å². The average Bonchev–Trinajstić information content (AvgIpc) is 2.54. The van der Waals surface area contributed by atoms with Gasteiger partial charge in [-0.1, -0.05) is 103 Å². The number of hydrogen-bond donors (Lipinski definition) is 0. The molecule has 0 spiro atoms. The maximum atomic E-state index is 7.35. The molecule has 0 N–H and O–H groups in total. The highest BCUT2D eigenvalue weighted by Crippen LogP contribution is 2.11. The van der Waals surface area contributed by atoms with Crippen LogP contribution in [0.1, 0.15) is 110 Å². The van der Waals surface area contributed by atoms with Crippen LogP contribution < -0.4 is 0 Å². The summed E-state index contributed by atoms with van der Waals surface area (Å²) in [5, 5.41) is 0. The maximum absolute atomic E-state index is 7.35. The standard InChI is InChI=1S/C22H37/c1-4-7-9-11-12-13-14-15-17-19-21-22(6-3)20-18-16-10-8-5-2/h22H,4-5,7-18,20H2,1-2H3. The third kappa shape index (κ3) is 15.5. The van der Waals surface area contributed by atoms with Crippen LogP contribution >= 0.6 is 0 Å². The summed E-state index contributed by atoms with van der Waals surface area (Å²) in [5.74, 6) is 9.18. The van der Waals surface area contributed by atoms with Crippen LogP contribution in [0.2, 0.25) is 0 Å². The Bertz CT molecular complexity index is 309. The minimum Gasteiger partial charge on any atom is -0.102 e. The number of hydrogen-bond acceptors (Lipinski definition) is 0. The second kappa shape index (κ2) is 18.2. The summed E-state index contributed by atoms with van der Waals surface area (Å²) in [6.45, 7) is 4.51. The van der Waals surface area contributed by atoms with Crippen molar-refractivity contribution in [2.24, 2.45) is 5.92 Å². The summed E-state index contributed by atoms with van der Waals surface area (Å²) in [4.78, 5) is 0. The summed E-state index contributed by atoms with van der Waals surface area (Å²) in [7, 11) is 0. The predicted molar refractivity (Wildman–Crippen MR) is 99.0 cm³/mol. The van der Waals surface area contributed by atoms with E-state index >= 15 is 0 Å². The number of unbranched alkanes of at least 4 members (excludes halogenated alkanes) is 12. The van der Waals surface area contributed by atoms with E-state index in [-0.39, 0.29) is 5.92 Å². The van der Waals surface area contributed by atoms with Crippen LogP contribution in [0.4, 0.5) is 0 Å². The minimum atomic E-state index is 0.0793. The molecule has 125 valence electrons. The van der Waals surface area contributed by atoms with Crippen molar-refractivity contribution in [2.45, 2.75) is 110 Å². The lowest BCUT2D eigenvalue weighted by Crippen LogP contribution is -1.93. The van der Waals surface area contributed by atoms with Crippen molar-refractivity contribution in [3.8, 4) is 17.8 Å². The molecule has 0 aromatic carbocycles. The third-order valence-corrected chi connectivity index (χ3v) is 4.20. The van der Waals surface area contributed by atoms with E-state index in [2.05, 4.69) is 31.6 Å². The molecule has 0 aliphatic carbocycles. The molecule has 0 saturated carbocycles. The number of rotatable bonds is 14. The fraction of sp³-hybridized carbons (Fsp3) is 0.818. The van der Waals surface area contributed by atoms with E-state index in [9.17, 15) is 0 Å². The van der Waals surface area contributed by atoms with Crippen LogP contribution in [0.15, 0.2) is 0 Å². The molecule has 1 unspecified atom stereocenters. The summed E-state index contributed by atoms with van der Waals surface area (Å²) in [6.07, 6.45) is 26.6. The first-order valence-electron chi connectivity index (χ1n) is 9.75. The summed E-state index contributed by atoms with van der Waals surface area (Å²) in [5.41, 5.74) is 0. The lowest BCUT2D eigenvalue weighted by Gasteiger charge is -2.02. The van der Waals surface area contributed by atoms with Crippen molar-refractivity contribution in [3.63, 3.8) is 0 Å². The molecule has 0 heterocycles. The van der Waals surface area contributed by atoms with Crippen molar-refractivity contribution >= 4 is 0 Å². The molecule has 0 amide bonds. The first-order chi connectivity index (χ1) is 10.8. The van der Waals surface area contributed by atoms with Crippen molar-refractivity contribution in [2.75, 3.05) is 0 Å². The van der Waals surface area contributed by atoms with Gasteiger partial charge < -0.3 is 0 Å². The monoisotopic (exact) mass is 301 g/mol. The molecule has 1 radical (unpaired) electrons. The smallest absolute Gasteiger partial charge is 0.0821 e. The molecule has 0 aromatic rings. The van der Waals surface area contributed by atoms with Gasteiger partial charge in [0.15, 0.2) is 0 Å². The lowest BCUT2D eigenvalue weighted by molar-refractivity contribution is 0.578. The third-order valence-electron chi connectivity index (χ3n) is 4.20. The Morgan fingerprint density at radius 2 is 1.18 bits per heavy atom.